The fourth-order valence-electron chi connectivity index (χ4n) is 2.89. The van der Waals surface area contributed by atoms with Crippen molar-refractivity contribution >= 4 is 16.9 Å². The van der Waals surface area contributed by atoms with E-state index in [0.717, 1.165) is 10.9 Å². The molecule has 4 heteroatoms. The van der Waals surface area contributed by atoms with E-state index in [-0.39, 0.29) is 0 Å². The summed E-state index contributed by atoms with van der Waals surface area (Å²) in [5.74, 6) is 1.06. The van der Waals surface area contributed by atoms with Crippen LogP contribution in [0.5, 0.6) is 0 Å². The number of thioether (sulfide) groups is 1. The van der Waals surface area contributed by atoms with Crippen LogP contribution in [0.4, 0.5) is 0 Å². The van der Waals surface area contributed by atoms with Crippen molar-refractivity contribution in [3.05, 3.63) is 35.9 Å². The molecule has 2 aliphatic rings. The third kappa shape index (κ3) is 3.18. The Hall–Kier alpha value is -1.00. The van der Waals surface area contributed by atoms with Gasteiger partial charge < -0.3 is 10.2 Å². The molecule has 2 aliphatic heterocycles. The highest BCUT2D eigenvalue weighted by molar-refractivity contribution is 8.14. The van der Waals surface area contributed by atoms with Gasteiger partial charge in [0.05, 0.1) is 6.04 Å². The zero-order valence-electron chi connectivity index (χ0n) is 12.2. The van der Waals surface area contributed by atoms with Gasteiger partial charge >= 0.3 is 0 Å². The van der Waals surface area contributed by atoms with Gasteiger partial charge in [-0.05, 0) is 32.4 Å². The number of rotatable bonds is 2. The third-order valence-corrected chi connectivity index (χ3v) is 5.35. The summed E-state index contributed by atoms with van der Waals surface area (Å²) in [6.45, 7) is 3.49. The van der Waals surface area contributed by atoms with Crippen molar-refractivity contribution in [2.45, 2.75) is 37.9 Å². The number of nitrogens with zero attached hydrogens (tertiary/aromatic N) is 2. The van der Waals surface area contributed by atoms with Crippen molar-refractivity contribution in [3.8, 4) is 0 Å². The fraction of sp³-hybridized carbons (Fsp3) is 0.562. The van der Waals surface area contributed by atoms with E-state index in [4.69, 9.17) is 4.99 Å². The first-order valence-electron chi connectivity index (χ1n) is 7.44. The van der Waals surface area contributed by atoms with Gasteiger partial charge in [0.2, 0.25) is 0 Å². The van der Waals surface area contributed by atoms with E-state index in [1.807, 2.05) is 11.8 Å². The molecule has 0 bridgehead atoms. The summed E-state index contributed by atoms with van der Waals surface area (Å²) in [6, 6.07) is 12.2. The predicted octanol–water partition coefficient (Wildman–Crippen LogP) is 2.90. The Kier molecular flexibility index (Phi) is 4.32. The Morgan fingerprint density at radius 2 is 2.10 bits per heavy atom. The zero-order valence-corrected chi connectivity index (χ0v) is 13.1. The second kappa shape index (κ2) is 6.19. The summed E-state index contributed by atoms with van der Waals surface area (Å²) in [4.78, 5) is 7.29. The number of piperidine rings is 1. The van der Waals surface area contributed by atoms with Crippen LogP contribution in [0, 0.1) is 0 Å². The SMILES string of the molecule is CC1CC(NC2=NC(c3ccccc3)CS2)CCN1C. The van der Waals surface area contributed by atoms with E-state index >= 15 is 0 Å². The molecule has 0 saturated carbocycles. The standard InChI is InChI=1S/C16H23N3S/c1-12-10-14(8-9-19(12)2)17-16-18-15(11-20-16)13-6-4-3-5-7-13/h3-7,12,14-15H,8-11H2,1-2H3,(H,17,18). The summed E-state index contributed by atoms with van der Waals surface area (Å²) >= 11 is 1.87. The molecular weight excluding hydrogens is 266 g/mol. The molecular formula is C16H23N3S. The molecule has 3 unspecified atom stereocenters. The lowest BCUT2D eigenvalue weighted by atomic mass is 9.99. The minimum Gasteiger partial charge on any atom is -0.362 e. The Balaban J connectivity index is 1.59. The molecule has 3 atom stereocenters. The first-order chi connectivity index (χ1) is 9.72. The molecule has 3 nitrogen and oxygen atoms in total. The highest BCUT2D eigenvalue weighted by atomic mass is 32.2. The molecule has 0 aromatic heterocycles. The predicted molar refractivity (Wildman–Crippen MR) is 87.3 cm³/mol. The summed E-state index contributed by atoms with van der Waals surface area (Å²) in [5, 5.41) is 4.79. The van der Waals surface area contributed by atoms with Gasteiger partial charge in [-0.1, -0.05) is 42.1 Å². The van der Waals surface area contributed by atoms with Crippen molar-refractivity contribution in [3.63, 3.8) is 0 Å². The average molecular weight is 289 g/mol. The molecule has 1 aromatic rings. The Labute approximate surface area is 125 Å². The van der Waals surface area contributed by atoms with E-state index in [9.17, 15) is 0 Å². The molecule has 1 aromatic carbocycles. The van der Waals surface area contributed by atoms with Crippen LogP contribution in [0.25, 0.3) is 0 Å². The minimum absolute atomic E-state index is 0.326. The second-order valence-electron chi connectivity index (χ2n) is 5.87. The van der Waals surface area contributed by atoms with Crippen LogP contribution >= 0.6 is 11.8 Å². The quantitative estimate of drug-likeness (QED) is 0.907. The number of hydrogen-bond acceptors (Lipinski definition) is 4. The average Bonchev–Trinajstić information content (AvgIpc) is 2.92. The number of likely N-dealkylation sites (tertiary alicyclic amines) is 1. The Morgan fingerprint density at radius 1 is 1.30 bits per heavy atom. The van der Waals surface area contributed by atoms with Crippen LogP contribution in [0.3, 0.4) is 0 Å². The molecule has 0 radical (unpaired) electrons. The summed E-state index contributed by atoms with van der Waals surface area (Å²) < 4.78 is 0. The van der Waals surface area contributed by atoms with Gasteiger partial charge in [-0.2, -0.15) is 0 Å². The number of aliphatic imine (C=N–C) groups is 1. The fourth-order valence-corrected chi connectivity index (χ4v) is 3.93. The minimum atomic E-state index is 0.326. The maximum atomic E-state index is 4.85. The lowest BCUT2D eigenvalue weighted by Crippen LogP contribution is -2.46. The Bertz CT molecular complexity index is 474. The van der Waals surface area contributed by atoms with Gasteiger partial charge in [0.15, 0.2) is 5.17 Å². The molecule has 3 rings (SSSR count). The van der Waals surface area contributed by atoms with Crippen molar-refractivity contribution < 1.29 is 0 Å². The molecule has 2 heterocycles. The van der Waals surface area contributed by atoms with Gasteiger partial charge in [0.1, 0.15) is 0 Å². The van der Waals surface area contributed by atoms with Crippen LogP contribution < -0.4 is 5.32 Å². The molecule has 1 saturated heterocycles. The van der Waals surface area contributed by atoms with Crippen LogP contribution in [0.15, 0.2) is 35.3 Å². The lowest BCUT2D eigenvalue weighted by Gasteiger charge is -2.35. The zero-order chi connectivity index (χ0) is 13.9. The van der Waals surface area contributed by atoms with Crippen molar-refractivity contribution in [1.82, 2.24) is 10.2 Å². The monoisotopic (exact) mass is 289 g/mol. The van der Waals surface area contributed by atoms with Gasteiger partial charge in [0, 0.05) is 24.4 Å². The van der Waals surface area contributed by atoms with Crippen LogP contribution in [-0.4, -0.2) is 41.5 Å². The summed E-state index contributed by atoms with van der Waals surface area (Å²) in [7, 11) is 2.22. The topological polar surface area (TPSA) is 27.6 Å². The maximum absolute atomic E-state index is 4.85. The molecule has 108 valence electrons. The smallest absolute Gasteiger partial charge is 0.157 e. The maximum Gasteiger partial charge on any atom is 0.157 e. The van der Waals surface area contributed by atoms with Gasteiger partial charge in [0.25, 0.3) is 0 Å². The van der Waals surface area contributed by atoms with Gasteiger partial charge in [-0.25, -0.2) is 0 Å². The normalized spacial score (nSPS) is 31.1. The van der Waals surface area contributed by atoms with Crippen LogP contribution in [0.1, 0.15) is 31.4 Å². The van der Waals surface area contributed by atoms with Crippen molar-refractivity contribution in [2.24, 2.45) is 4.99 Å². The largest absolute Gasteiger partial charge is 0.362 e. The van der Waals surface area contributed by atoms with Gasteiger partial charge in [-0.3, -0.25) is 4.99 Å². The lowest BCUT2D eigenvalue weighted by molar-refractivity contribution is 0.177. The number of benzene rings is 1. The van der Waals surface area contributed by atoms with E-state index in [0.29, 0.717) is 18.1 Å². The second-order valence-corrected chi connectivity index (χ2v) is 6.88. The number of amidine groups is 1. The molecule has 0 amide bonds. The van der Waals surface area contributed by atoms with Crippen LogP contribution in [-0.2, 0) is 0 Å². The first kappa shape index (κ1) is 14.0. The van der Waals surface area contributed by atoms with E-state index in [1.54, 1.807) is 0 Å². The molecule has 1 N–H and O–H groups in total. The highest BCUT2D eigenvalue weighted by Gasteiger charge is 2.26. The highest BCUT2D eigenvalue weighted by Crippen LogP contribution is 2.30. The molecule has 0 spiro atoms. The van der Waals surface area contributed by atoms with E-state index in [2.05, 4.69) is 54.5 Å². The first-order valence-corrected chi connectivity index (χ1v) is 8.43. The van der Waals surface area contributed by atoms with Crippen LogP contribution in [0.2, 0.25) is 0 Å². The summed E-state index contributed by atoms with van der Waals surface area (Å²) in [6.07, 6.45) is 2.43. The Morgan fingerprint density at radius 3 is 2.85 bits per heavy atom. The van der Waals surface area contributed by atoms with E-state index in [1.165, 1.54) is 24.9 Å². The molecule has 1 fully saturated rings. The number of nitrogens with one attached hydrogen (secondary N) is 1. The van der Waals surface area contributed by atoms with Crippen molar-refractivity contribution in [1.29, 1.82) is 0 Å². The molecule has 0 aliphatic carbocycles. The third-order valence-electron chi connectivity index (χ3n) is 4.37. The molecule has 20 heavy (non-hydrogen) atoms. The van der Waals surface area contributed by atoms with Crippen molar-refractivity contribution in [2.75, 3.05) is 19.3 Å². The van der Waals surface area contributed by atoms with Gasteiger partial charge in [-0.15, -0.1) is 0 Å². The number of hydrogen-bond donors (Lipinski definition) is 1. The summed E-state index contributed by atoms with van der Waals surface area (Å²) in [5.41, 5.74) is 1.33. The van der Waals surface area contributed by atoms with E-state index < -0.39 is 0 Å².